The van der Waals surface area contributed by atoms with Crippen LogP contribution in [0, 0.1) is 5.92 Å². The molecule has 5 heteroatoms. The third-order valence-corrected chi connectivity index (χ3v) is 2.90. The third-order valence-electron chi connectivity index (χ3n) is 2.01. The maximum Gasteiger partial charge on any atom is 0.211 e. The van der Waals surface area contributed by atoms with Crippen molar-refractivity contribution in [1.82, 2.24) is 0 Å². The molecule has 1 aromatic heterocycles. The van der Waals surface area contributed by atoms with Crippen molar-refractivity contribution in [1.29, 1.82) is 0 Å². The van der Waals surface area contributed by atoms with Gasteiger partial charge in [-0.05, 0) is 24.3 Å². The average molecular weight is 208 g/mol. The summed E-state index contributed by atoms with van der Waals surface area (Å²) in [5.74, 6) is 0.566. The molecule has 0 atom stereocenters. The van der Waals surface area contributed by atoms with Crippen LogP contribution in [0.15, 0.2) is 27.7 Å². The Balaban J connectivity index is 2.24. The van der Waals surface area contributed by atoms with E-state index in [0.717, 1.165) is 10.6 Å². The molecule has 4 nitrogen and oxygen atoms in total. The van der Waals surface area contributed by atoms with Gasteiger partial charge in [0.05, 0.1) is 10.6 Å². The van der Waals surface area contributed by atoms with E-state index < -0.39 is 0 Å². The van der Waals surface area contributed by atoms with Crippen LogP contribution in [-0.2, 0) is 0 Å². The lowest BCUT2D eigenvalue weighted by Crippen LogP contribution is -2.22. The SMILES string of the molecule is NC(N)=NN=C(c1cccs1)C1CC1. The topological polar surface area (TPSA) is 76.8 Å². The summed E-state index contributed by atoms with van der Waals surface area (Å²) in [7, 11) is 0. The first-order valence-corrected chi connectivity index (χ1v) is 5.35. The Hall–Kier alpha value is -1.36. The quantitative estimate of drug-likeness (QED) is 0.444. The van der Waals surface area contributed by atoms with Crippen LogP contribution in [0.5, 0.6) is 0 Å². The third kappa shape index (κ3) is 2.11. The molecule has 0 bridgehead atoms. The van der Waals surface area contributed by atoms with Crippen LogP contribution in [0.3, 0.4) is 0 Å². The molecule has 4 N–H and O–H groups in total. The van der Waals surface area contributed by atoms with Crippen LogP contribution < -0.4 is 11.5 Å². The zero-order valence-corrected chi connectivity index (χ0v) is 8.50. The van der Waals surface area contributed by atoms with Gasteiger partial charge in [-0.25, -0.2) is 0 Å². The lowest BCUT2D eigenvalue weighted by Gasteiger charge is -1.97. The van der Waals surface area contributed by atoms with E-state index in [1.807, 2.05) is 17.5 Å². The molecule has 1 heterocycles. The second-order valence-electron chi connectivity index (χ2n) is 3.26. The smallest absolute Gasteiger partial charge is 0.211 e. The lowest BCUT2D eigenvalue weighted by atomic mass is 10.2. The Bertz CT molecular complexity index is 358. The van der Waals surface area contributed by atoms with Crippen molar-refractivity contribution in [3.8, 4) is 0 Å². The summed E-state index contributed by atoms with van der Waals surface area (Å²) in [5, 5.41) is 9.83. The number of nitrogens with zero attached hydrogens (tertiary/aromatic N) is 2. The Morgan fingerprint density at radius 1 is 1.36 bits per heavy atom. The van der Waals surface area contributed by atoms with E-state index in [-0.39, 0.29) is 5.96 Å². The normalized spacial score (nSPS) is 16.7. The highest BCUT2D eigenvalue weighted by Gasteiger charge is 2.29. The van der Waals surface area contributed by atoms with Crippen molar-refractivity contribution >= 4 is 23.0 Å². The molecular weight excluding hydrogens is 196 g/mol. The fourth-order valence-electron chi connectivity index (χ4n) is 1.22. The van der Waals surface area contributed by atoms with E-state index in [9.17, 15) is 0 Å². The summed E-state index contributed by atoms with van der Waals surface area (Å²) >= 11 is 1.67. The number of nitrogens with two attached hydrogens (primary N) is 2. The Labute approximate surface area is 86.3 Å². The molecule has 0 amide bonds. The number of rotatable bonds is 3. The van der Waals surface area contributed by atoms with Gasteiger partial charge in [0.2, 0.25) is 5.96 Å². The van der Waals surface area contributed by atoms with Gasteiger partial charge in [-0.15, -0.1) is 16.4 Å². The fourth-order valence-corrected chi connectivity index (χ4v) is 2.01. The molecule has 74 valence electrons. The molecule has 2 rings (SSSR count). The Morgan fingerprint density at radius 2 is 2.14 bits per heavy atom. The van der Waals surface area contributed by atoms with E-state index in [1.54, 1.807) is 11.3 Å². The van der Waals surface area contributed by atoms with Gasteiger partial charge in [-0.2, -0.15) is 5.10 Å². The minimum atomic E-state index is 0.0136. The summed E-state index contributed by atoms with van der Waals surface area (Å²) in [5.41, 5.74) is 11.5. The number of hydrogen-bond donors (Lipinski definition) is 2. The zero-order valence-electron chi connectivity index (χ0n) is 7.68. The average Bonchev–Trinajstić information content (AvgIpc) is 2.81. The summed E-state index contributed by atoms with van der Waals surface area (Å²) in [6, 6.07) is 4.05. The maximum atomic E-state index is 5.24. The molecule has 0 spiro atoms. The van der Waals surface area contributed by atoms with Crippen molar-refractivity contribution < 1.29 is 0 Å². The standard InChI is InChI=1S/C9H12N4S/c10-9(11)13-12-8(6-3-4-6)7-2-1-5-14-7/h1-2,5-6H,3-4H2,(H4,10,11,13). The van der Waals surface area contributed by atoms with Gasteiger partial charge < -0.3 is 11.5 Å². The molecule has 0 aliphatic heterocycles. The Kier molecular flexibility index (Phi) is 2.49. The molecule has 0 radical (unpaired) electrons. The molecule has 1 fully saturated rings. The van der Waals surface area contributed by atoms with Gasteiger partial charge in [0.25, 0.3) is 0 Å². The predicted molar refractivity (Wildman–Crippen MR) is 59.4 cm³/mol. The summed E-state index contributed by atoms with van der Waals surface area (Å²) < 4.78 is 0. The van der Waals surface area contributed by atoms with Gasteiger partial charge in [0.15, 0.2) is 0 Å². The number of hydrogen-bond acceptors (Lipinski definition) is 3. The first-order valence-electron chi connectivity index (χ1n) is 4.47. The highest BCUT2D eigenvalue weighted by atomic mass is 32.1. The van der Waals surface area contributed by atoms with E-state index >= 15 is 0 Å². The fraction of sp³-hybridized carbons (Fsp3) is 0.333. The van der Waals surface area contributed by atoms with E-state index in [2.05, 4.69) is 10.2 Å². The lowest BCUT2D eigenvalue weighted by molar-refractivity contribution is 1.12. The van der Waals surface area contributed by atoms with Gasteiger partial charge in [-0.3, -0.25) is 0 Å². The van der Waals surface area contributed by atoms with Crippen molar-refractivity contribution in [2.45, 2.75) is 12.8 Å². The van der Waals surface area contributed by atoms with E-state index in [0.29, 0.717) is 5.92 Å². The first-order chi connectivity index (χ1) is 6.77. The second kappa shape index (κ2) is 3.79. The number of thiophene rings is 1. The van der Waals surface area contributed by atoms with Gasteiger partial charge >= 0.3 is 0 Å². The molecule has 1 saturated carbocycles. The van der Waals surface area contributed by atoms with E-state index in [4.69, 9.17) is 11.5 Å². The van der Waals surface area contributed by atoms with Crippen LogP contribution in [0.4, 0.5) is 0 Å². The summed E-state index contributed by atoms with van der Waals surface area (Å²) in [6.45, 7) is 0. The van der Waals surface area contributed by atoms with E-state index in [1.165, 1.54) is 12.8 Å². The van der Waals surface area contributed by atoms with Crippen LogP contribution in [-0.4, -0.2) is 11.7 Å². The molecule has 0 unspecified atom stereocenters. The number of guanidine groups is 1. The van der Waals surface area contributed by atoms with Gasteiger partial charge in [0.1, 0.15) is 0 Å². The highest BCUT2D eigenvalue weighted by Crippen LogP contribution is 2.34. The molecule has 0 aromatic carbocycles. The molecule has 14 heavy (non-hydrogen) atoms. The largest absolute Gasteiger partial charge is 0.369 e. The molecule has 1 aliphatic rings. The maximum absolute atomic E-state index is 5.24. The molecule has 0 saturated heterocycles. The summed E-state index contributed by atoms with van der Waals surface area (Å²) in [6.07, 6.45) is 2.38. The van der Waals surface area contributed by atoms with Gasteiger partial charge in [0, 0.05) is 5.92 Å². The van der Waals surface area contributed by atoms with Crippen molar-refractivity contribution in [3.05, 3.63) is 22.4 Å². The molecule has 1 aliphatic carbocycles. The van der Waals surface area contributed by atoms with Crippen LogP contribution in [0.2, 0.25) is 0 Å². The second-order valence-corrected chi connectivity index (χ2v) is 4.21. The Morgan fingerprint density at radius 3 is 2.64 bits per heavy atom. The highest BCUT2D eigenvalue weighted by molar-refractivity contribution is 7.12. The predicted octanol–water partition coefficient (Wildman–Crippen LogP) is 1.14. The van der Waals surface area contributed by atoms with Gasteiger partial charge in [-0.1, -0.05) is 6.07 Å². The monoisotopic (exact) mass is 208 g/mol. The van der Waals surface area contributed by atoms with Crippen molar-refractivity contribution in [3.63, 3.8) is 0 Å². The minimum absolute atomic E-state index is 0.0136. The minimum Gasteiger partial charge on any atom is -0.369 e. The zero-order chi connectivity index (χ0) is 9.97. The van der Waals surface area contributed by atoms with Crippen LogP contribution in [0.1, 0.15) is 17.7 Å². The first kappa shape index (κ1) is 9.21. The van der Waals surface area contributed by atoms with Crippen LogP contribution >= 0.6 is 11.3 Å². The molecule has 1 aromatic rings. The van der Waals surface area contributed by atoms with Crippen LogP contribution in [0.25, 0.3) is 0 Å². The summed E-state index contributed by atoms with van der Waals surface area (Å²) in [4.78, 5) is 1.16. The molecular formula is C9H12N4S. The van der Waals surface area contributed by atoms with Crippen molar-refractivity contribution in [2.75, 3.05) is 0 Å². The van der Waals surface area contributed by atoms with Crippen molar-refractivity contribution in [2.24, 2.45) is 27.6 Å².